The average Bonchev–Trinajstić information content (AvgIpc) is 2.57. The van der Waals surface area contributed by atoms with Gasteiger partial charge in [0.15, 0.2) is 0 Å². The zero-order valence-electron chi connectivity index (χ0n) is 8.82. The van der Waals surface area contributed by atoms with E-state index in [-0.39, 0.29) is 0 Å². The SMILES string of the molecule is O=C1C[C@H]2CC(SN3CCCCC3)=CN12. The van der Waals surface area contributed by atoms with Crippen LogP contribution in [0.3, 0.4) is 0 Å². The van der Waals surface area contributed by atoms with E-state index in [0.29, 0.717) is 11.9 Å². The molecular formula is C11H16N2OS. The molecule has 1 amide bonds. The topological polar surface area (TPSA) is 23.6 Å². The Bertz CT molecular complexity index is 310. The highest BCUT2D eigenvalue weighted by Crippen LogP contribution is 2.39. The molecule has 4 heteroatoms. The van der Waals surface area contributed by atoms with Crippen LogP contribution in [0.2, 0.25) is 0 Å². The van der Waals surface area contributed by atoms with Crippen LogP contribution in [0.25, 0.3) is 0 Å². The Morgan fingerprint density at radius 2 is 2.00 bits per heavy atom. The number of fused-ring (bicyclic) bond motifs is 1. The van der Waals surface area contributed by atoms with Gasteiger partial charge in [0.25, 0.3) is 0 Å². The van der Waals surface area contributed by atoms with E-state index < -0.39 is 0 Å². The third kappa shape index (κ3) is 1.81. The number of hydrogen-bond acceptors (Lipinski definition) is 3. The summed E-state index contributed by atoms with van der Waals surface area (Å²) in [6.07, 6.45) is 7.95. The second-order valence-corrected chi connectivity index (χ2v) is 5.76. The summed E-state index contributed by atoms with van der Waals surface area (Å²) in [5, 5.41) is 0. The molecule has 3 aliphatic heterocycles. The lowest BCUT2D eigenvalue weighted by Gasteiger charge is -2.32. The normalized spacial score (nSPS) is 31.2. The van der Waals surface area contributed by atoms with Crippen LogP contribution in [0.1, 0.15) is 32.1 Å². The summed E-state index contributed by atoms with van der Waals surface area (Å²) in [5.74, 6) is 0.300. The quantitative estimate of drug-likeness (QED) is 0.529. The van der Waals surface area contributed by atoms with E-state index in [4.69, 9.17) is 0 Å². The van der Waals surface area contributed by atoms with Crippen molar-refractivity contribution in [3.05, 3.63) is 11.1 Å². The lowest BCUT2D eigenvalue weighted by Crippen LogP contribution is -2.45. The highest BCUT2D eigenvalue weighted by molar-refractivity contribution is 8.00. The molecule has 3 heterocycles. The zero-order valence-corrected chi connectivity index (χ0v) is 9.63. The van der Waals surface area contributed by atoms with Gasteiger partial charge >= 0.3 is 0 Å². The molecule has 0 unspecified atom stereocenters. The van der Waals surface area contributed by atoms with Crippen LogP contribution in [0, 0.1) is 0 Å². The van der Waals surface area contributed by atoms with Crippen molar-refractivity contribution >= 4 is 17.9 Å². The lowest BCUT2D eigenvalue weighted by atomic mass is 10.0. The van der Waals surface area contributed by atoms with Crippen LogP contribution in [-0.4, -0.2) is 34.2 Å². The molecule has 3 rings (SSSR count). The van der Waals surface area contributed by atoms with Gasteiger partial charge in [0.1, 0.15) is 0 Å². The summed E-state index contributed by atoms with van der Waals surface area (Å²) in [6, 6.07) is 0.504. The van der Waals surface area contributed by atoms with Crippen LogP contribution in [0.5, 0.6) is 0 Å². The fraction of sp³-hybridized carbons (Fsp3) is 0.727. The Morgan fingerprint density at radius 3 is 2.67 bits per heavy atom. The molecule has 2 saturated heterocycles. The van der Waals surface area contributed by atoms with E-state index in [1.54, 1.807) is 0 Å². The summed E-state index contributed by atoms with van der Waals surface area (Å²) in [7, 11) is 0. The molecule has 3 nitrogen and oxygen atoms in total. The summed E-state index contributed by atoms with van der Waals surface area (Å²) in [5.41, 5.74) is 0. The van der Waals surface area contributed by atoms with Crippen molar-refractivity contribution in [3.63, 3.8) is 0 Å². The highest BCUT2D eigenvalue weighted by Gasteiger charge is 2.40. The number of carbonyl (C=O) groups excluding carboxylic acids is 1. The smallest absolute Gasteiger partial charge is 0.228 e. The number of amides is 1. The molecule has 0 N–H and O–H groups in total. The van der Waals surface area contributed by atoms with Crippen molar-refractivity contribution in [1.82, 2.24) is 9.21 Å². The fourth-order valence-electron chi connectivity index (χ4n) is 2.47. The van der Waals surface area contributed by atoms with Crippen LogP contribution in [0.15, 0.2) is 11.1 Å². The van der Waals surface area contributed by atoms with E-state index >= 15 is 0 Å². The summed E-state index contributed by atoms with van der Waals surface area (Å²) in [4.78, 5) is 14.5. The van der Waals surface area contributed by atoms with Crippen molar-refractivity contribution < 1.29 is 4.79 Å². The number of β-lactam (4-membered cyclic amide) rings is 1. The van der Waals surface area contributed by atoms with Gasteiger partial charge in [-0.05, 0) is 24.8 Å². The average molecular weight is 224 g/mol. The van der Waals surface area contributed by atoms with E-state index in [1.807, 2.05) is 16.8 Å². The molecule has 82 valence electrons. The Morgan fingerprint density at radius 1 is 1.20 bits per heavy atom. The minimum Gasteiger partial charge on any atom is -0.314 e. The van der Waals surface area contributed by atoms with E-state index in [9.17, 15) is 4.79 Å². The Labute approximate surface area is 94.6 Å². The van der Waals surface area contributed by atoms with Gasteiger partial charge in [-0.1, -0.05) is 6.42 Å². The van der Waals surface area contributed by atoms with E-state index in [1.165, 1.54) is 37.3 Å². The third-order valence-electron chi connectivity index (χ3n) is 3.37. The first-order chi connectivity index (χ1) is 7.33. The van der Waals surface area contributed by atoms with Crippen molar-refractivity contribution in [3.8, 4) is 0 Å². The van der Waals surface area contributed by atoms with Gasteiger partial charge in [-0.15, -0.1) is 0 Å². The second-order valence-electron chi connectivity index (χ2n) is 4.54. The minimum atomic E-state index is 0.300. The van der Waals surface area contributed by atoms with Crippen LogP contribution < -0.4 is 0 Å². The number of nitrogens with zero attached hydrogens (tertiary/aromatic N) is 2. The van der Waals surface area contributed by atoms with Gasteiger partial charge in [0, 0.05) is 43.1 Å². The minimum absolute atomic E-state index is 0.300. The summed E-state index contributed by atoms with van der Waals surface area (Å²) < 4.78 is 2.45. The predicted molar refractivity (Wildman–Crippen MR) is 61.0 cm³/mol. The number of piperidine rings is 1. The van der Waals surface area contributed by atoms with Gasteiger partial charge in [-0.25, -0.2) is 4.31 Å². The van der Waals surface area contributed by atoms with Crippen LogP contribution in [0.4, 0.5) is 0 Å². The molecule has 0 aromatic carbocycles. The molecule has 0 radical (unpaired) electrons. The van der Waals surface area contributed by atoms with Crippen molar-refractivity contribution in [2.45, 2.75) is 38.1 Å². The highest BCUT2D eigenvalue weighted by atomic mass is 32.2. The number of rotatable bonds is 2. The molecule has 0 spiro atoms. The maximum Gasteiger partial charge on any atom is 0.228 e. The molecular weight excluding hydrogens is 208 g/mol. The molecule has 0 aromatic heterocycles. The molecule has 0 aromatic rings. The Kier molecular flexibility index (Phi) is 2.48. The standard InChI is InChI=1S/C11H16N2OS/c14-11-7-9-6-10(8-13(9)11)15-12-4-2-1-3-5-12/h8-9H,1-7H2/t9-/m1/s1. The van der Waals surface area contributed by atoms with Gasteiger partial charge in [0.2, 0.25) is 5.91 Å². The monoisotopic (exact) mass is 224 g/mol. The summed E-state index contributed by atoms with van der Waals surface area (Å²) in [6.45, 7) is 2.42. The molecule has 0 saturated carbocycles. The van der Waals surface area contributed by atoms with Crippen molar-refractivity contribution in [2.75, 3.05) is 13.1 Å². The van der Waals surface area contributed by atoms with E-state index in [0.717, 1.165) is 12.8 Å². The van der Waals surface area contributed by atoms with Crippen LogP contribution in [-0.2, 0) is 4.79 Å². The maximum atomic E-state index is 11.2. The Balaban J connectivity index is 1.57. The predicted octanol–water partition coefficient (Wildman–Crippen LogP) is 1.97. The molecule has 2 fully saturated rings. The maximum absolute atomic E-state index is 11.2. The van der Waals surface area contributed by atoms with Gasteiger partial charge in [-0.3, -0.25) is 4.79 Å². The first-order valence-corrected chi connectivity index (χ1v) is 6.55. The molecule has 0 bridgehead atoms. The largest absolute Gasteiger partial charge is 0.314 e. The Hall–Kier alpha value is -0.480. The third-order valence-corrected chi connectivity index (χ3v) is 4.50. The molecule has 0 aliphatic carbocycles. The summed E-state index contributed by atoms with van der Waals surface area (Å²) >= 11 is 1.88. The van der Waals surface area contributed by atoms with Crippen molar-refractivity contribution in [1.29, 1.82) is 0 Å². The number of carbonyl (C=O) groups is 1. The molecule has 3 aliphatic rings. The zero-order chi connectivity index (χ0) is 10.3. The molecule has 15 heavy (non-hydrogen) atoms. The van der Waals surface area contributed by atoms with Gasteiger partial charge < -0.3 is 4.90 Å². The second kappa shape index (κ2) is 3.83. The fourth-order valence-corrected chi connectivity index (χ4v) is 3.67. The van der Waals surface area contributed by atoms with Crippen LogP contribution >= 0.6 is 11.9 Å². The first-order valence-electron chi connectivity index (χ1n) is 5.78. The lowest BCUT2D eigenvalue weighted by molar-refractivity contribution is -0.140. The van der Waals surface area contributed by atoms with Gasteiger partial charge in [-0.2, -0.15) is 0 Å². The first kappa shape index (κ1) is 9.73. The van der Waals surface area contributed by atoms with Crippen molar-refractivity contribution in [2.24, 2.45) is 0 Å². The number of hydrogen-bond donors (Lipinski definition) is 0. The van der Waals surface area contributed by atoms with E-state index in [2.05, 4.69) is 10.5 Å². The van der Waals surface area contributed by atoms with Gasteiger partial charge in [0.05, 0.1) is 0 Å². The molecule has 1 atom stereocenters.